The molecule has 0 saturated heterocycles. The predicted octanol–water partition coefficient (Wildman–Crippen LogP) is 1.77. The number of hydrogen-bond donors (Lipinski definition) is 2. The standard InChI is InChI=1S/C12H19NO2/c1-8(2)15-12-5-4-10(6-9(12)3)11(13)7-14/h4-6,8,11,14H,7,13H2,1-3H3. The van der Waals surface area contributed by atoms with Crippen LogP contribution in [0, 0.1) is 6.92 Å². The number of aliphatic hydroxyl groups excluding tert-OH is 1. The Morgan fingerprint density at radius 1 is 1.40 bits per heavy atom. The van der Waals surface area contributed by atoms with Crippen molar-refractivity contribution in [2.75, 3.05) is 6.61 Å². The maximum Gasteiger partial charge on any atom is 0.122 e. The number of benzene rings is 1. The van der Waals surface area contributed by atoms with Crippen LogP contribution in [0.5, 0.6) is 5.75 Å². The summed E-state index contributed by atoms with van der Waals surface area (Å²) in [4.78, 5) is 0. The van der Waals surface area contributed by atoms with Crippen LogP contribution < -0.4 is 10.5 Å². The quantitative estimate of drug-likeness (QED) is 0.794. The fourth-order valence-electron chi connectivity index (χ4n) is 1.39. The monoisotopic (exact) mass is 209 g/mol. The van der Waals surface area contributed by atoms with E-state index >= 15 is 0 Å². The van der Waals surface area contributed by atoms with Gasteiger partial charge in [-0.1, -0.05) is 12.1 Å². The lowest BCUT2D eigenvalue weighted by molar-refractivity contribution is 0.240. The molecular weight excluding hydrogens is 190 g/mol. The molecule has 3 N–H and O–H groups in total. The largest absolute Gasteiger partial charge is 0.491 e. The van der Waals surface area contributed by atoms with E-state index in [-0.39, 0.29) is 18.8 Å². The number of nitrogens with two attached hydrogens (primary N) is 1. The van der Waals surface area contributed by atoms with E-state index in [1.165, 1.54) is 0 Å². The van der Waals surface area contributed by atoms with Gasteiger partial charge in [0.25, 0.3) is 0 Å². The molecule has 0 saturated carbocycles. The molecule has 3 heteroatoms. The van der Waals surface area contributed by atoms with Crippen LogP contribution in [-0.4, -0.2) is 17.8 Å². The van der Waals surface area contributed by atoms with Crippen LogP contribution in [0.2, 0.25) is 0 Å². The van der Waals surface area contributed by atoms with E-state index in [2.05, 4.69) is 0 Å². The molecule has 0 amide bonds. The molecule has 0 aliphatic rings. The summed E-state index contributed by atoms with van der Waals surface area (Å²) in [5.74, 6) is 0.874. The first kappa shape index (κ1) is 12.0. The summed E-state index contributed by atoms with van der Waals surface area (Å²) in [7, 11) is 0. The zero-order valence-corrected chi connectivity index (χ0v) is 9.53. The van der Waals surface area contributed by atoms with E-state index in [0.29, 0.717) is 0 Å². The molecule has 1 atom stereocenters. The van der Waals surface area contributed by atoms with Gasteiger partial charge in [-0.15, -0.1) is 0 Å². The van der Waals surface area contributed by atoms with Crippen LogP contribution in [0.25, 0.3) is 0 Å². The van der Waals surface area contributed by atoms with Crippen LogP contribution in [-0.2, 0) is 0 Å². The first-order valence-corrected chi connectivity index (χ1v) is 5.18. The Morgan fingerprint density at radius 2 is 2.07 bits per heavy atom. The third kappa shape index (κ3) is 3.22. The first-order chi connectivity index (χ1) is 7.04. The number of rotatable bonds is 4. The van der Waals surface area contributed by atoms with Gasteiger partial charge in [-0.25, -0.2) is 0 Å². The van der Waals surface area contributed by atoms with Crippen molar-refractivity contribution >= 4 is 0 Å². The van der Waals surface area contributed by atoms with E-state index in [0.717, 1.165) is 16.9 Å². The van der Waals surface area contributed by atoms with Gasteiger partial charge in [0, 0.05) is 0 Å². The Labute approximate surface area is 90.9 Å². The summed E-state index contributed by atoms with van der Waals surface area (Å²) in [6.07, 6.45) is 0.168. The van der Waals surface area contributed by atoms with Gasteiger partial charge < -0.3 is 15.6 Å². The molecular formula is C12H19NO2. The molecule has 1 rings (SSSR count). The van der Waals surface area contributed by atoms with Crippen molar-refractivity contribution in [1.82, 2.24) is 0 Å². The maximum absolute atomic E-state index is 8.94. The molecule has 0 aliphatic heterocycles. The van der Waals surface area contributed by atoms with Gasteiger partial charge >= 0.3 is 0 Å². The Kier molecular flexibility index (Phi) is 4.12. The van der Waals surface area contributed by atoms with E-state index in [9.17, 15) is 0 Å². The second-order valence-corrected chi connectivity index (χ2v) is 3.98. The Hall–Kier alpha value is -1.06. The van der Waals surface area contributed by atoms with Crippen molar-refractivity contribution < 1.29 is 9.84 Å². The minimum atomic E-state index is -0.309. The first-order valence-electron chi connectivity index (χ1n) is 5.18. The van der Waals surface area contributed by atoms with Gasteiger partial charge in [-0.05, 0) is 38.0 Å². The van der Waals surface area contributed by atoms with Crippen LogP contribution in [0.3, 0.4) is 0 Å². The zero-order valence-electron chi connectivity index (χ0n) is 9.53. The maximum atomic E-state index is 8.94. The molecule has 84 valence electrons. The highest BCUT2D eigenvalue weighted by molar-refractivity contribution is 5.37. The van der Waals surface area contributed by atoms with Crippen LogP contribution in [0.15, 0.2) is 18.2 Å². The molecule has 1 aromatic carbocycles. The summed E-state index contributed by atoms with van der Waals surface area (Å²) >= 11 is 0. The summed E-state index contributed by atoms with van der Waals surface area (Å²) in [5.41, 5.74) is 7.71. The van der Waals surface area contributed by atoms with Crippen molar-refractivity contribution in [3.05, 3.63) is 29.3 Å². The minimum absolute atomic E-state index is 0.0379. The van der Waals surface area contributed by atoms with Gasteiger partial charge in [0.2, 0.25) is 0 Å². The smallest absolute Gasteiger partial charge is 0.122 e. The molecule has 0 fully saturated rings. The molecule has 15 heavy (non-hydrogen) atoms. The highest BCUT2D eigenvalue weighted by atomic mass is 16.5. The lowest BCUT2D eigenvalue weighted by atomic mass is 10.1. The second kappa shape index (κ2) is 5.14. The van der Waals surface area contributed by atoms with Crippen LogP contribution in [0.4, 0.5) is 0 Å². The summed E-state index contributed by atoms with van der Waals surface area (Å²) in [6, 6.07) is 5.45. The van der Waals surface area contributed by atoms with Gasteiger partial charge in [-0.2, -0.15) is 0 Å². The third-order valence-corrected chi connectivity index (χ3v) is 2.19. The molecule has 0 aromatic heterocycles. The van der Waals surface area contributed by atoms with Crippen molar-refractivity contribution in [2.45, 2.75) is 32.9 Å². The van der Waals surface area contributed by atoms with Crippen molar-refractivity contribution in [3.63, 3.8) is 0 Å². The molecule has 0 aliphatic carbocycles. The molecule has 0 bridgehead atoms. The van der Waals surface area contributed by atoms with Gasteiger partial charge in [0.1, 0.15) is 5.75 Å². The number of aryl methyl sites for hydroxylation is 1. The van der Waals surface area contributed by atoms with Crippen molar-refractivity contribution in [3.8, 4) is 5.75 Å². The van der Waals surface area contributed by atoms with Gasteiger partial charge in [-0.3, -0.25) is 0 Å². The topological polar surface area (TPSA) is 55.5 Å². The molecule has 0 heterocycles. The summed E-state index contributed by atoms with van der Waals surface area (Å²) < 4.78 is 5.61. The lowest BCUT2D eigenvalue weighted by Crippen LogP contribution is -2.15. The Balaban J connectivity index is 2.88. The molecule has 3 nitrogen and oxygen atoms in total. The van der Waals surface area contributed by atoms with Gasteiger partial charge in [0.15, 0.2) is 0 Å². The number of ether oxygens (including phenoxy) is 1. The second-order valence-electron chi connectivity index (χ2n) is 3.98. The molecule has 1 unspecified atom stereocenters. The van der Waals surface area contributed by atoms with Crippen molar-refractivity contribution in [1.29, 1.82) is 0 Å². The molecule has 0 spiro atoms. The lowest BCUT2D eigenvalue weighted by Gasteiger charge is -2.15. The average molecular weight is 209 g/mol. The van der Waals surface area contributed by atoms with E-state index in [4.69, 9.17) is 15.6 Å². The highest BCUT2D eigenvalue weighted by Crippen LogP contribution is 2.22. The molecule has 1 aromatic rings. The highest BCUT2D eigenvalue weighted by Gasteiger charge is 2.07. The normalized spacial score (nSPS) is 12.9. The minimum Gasteiger partial charge on any atom is -0.491 e. The Bertz CT molecular complexity index is 323. The van der Waals surface area contributed by atoms with Crippen LogP contribution >= 0.6 is 0 Å². The van der Waals surface area contributed by atoms with E-state index in [1.54, 1.807) is 0 Å². The average Bonchev–Trinajstić information content (AvgIpc) is 2.19. The van der Waals surface area contributed by atoms with Crippen LogP contribution in [0.1, 0.15) is 31.0 Å². The molecule has 0 radical (unpaired) electrons. The number of hydrogen-bond acceptors (Lipinski definition) is 3. The summed E-state index contributed by atoms with van der Waals surface area (Å²) in [6.45, 7) is 5.93. The van der Waals surface area contributed by atoms with E-state index in [1.807, 2.05) is 39.0 Å². The zero-order chi connectivity index (χ0) is 11.4. The Morgan fingerprint density at radius 3 is 2.53 bits per heavy atom. The number of aliphatic hydroxyl groups is 1. The van der Waals surface area contributed by atoms with E-state index < -0.39 is 0 Å². The van der Waals surface area contributed by atoms with Gasteiger partial charge in [0.05, 0.1) is 18.8 Å². The summed E-state index contributed by atoms with van der Waals surface area (Å²) in [5, 5.41) is 8.94. The third-order valence-electron chi connectivity index (χ3n) is 2.19. The predicted molar refractivity (Wildman–Crippen MR) is 61.0 cm³/mol. The fraction of sp³-hybridized carbons (Fsp3) is 0.500. The van der Waals surface area contributed by atoms with Crippen molar-refractivity contribution in [2.24, 2.45) is 5.73 Å². The fourth-order valence-corrected chi connectivity index (χ4v) is 1.39. The SMILES string of the molecule is Cc1cc(C(N)CO)ccc1OC(C)C.